The van der Waals surface area contributed by atoms with E-state index in [0.717, 1.165) is 19.3 Å². The molecule has 16 heavy (non-hydrogen) atoms. The molecule has 0 saturated heterocycles. The highest BCUT2D eigenvalue weighted by molar-refractivity contribution is 5.71. The summed E-state index contributed by atoms with van der Waals surface area (Å²) < 4.78 is 5.23. The van der Waals surface area contributed by atoms with E-state index >= 15 is 0 Å². The van der Waals surface area contributed by atoms with Crippen molar-refractivity contribution in [2.24, 2.45) is 10.8 Å². The van der Waals surface area contributed by atoms with Crippen molar-refractivity contribution in [1.82, 2.24) is 0 Å². The van der Waals surface area contributed by atoms with Gasteiger partial charge in [0.05, 0.1) is 13.0 Å². The van der Waals surface area contributed by atoms with Gasteiger partial charge in [-0.2, -0.15) is 0 Å². The molecule has 1 aliphatic carbocycles. The lowest BCUT2D eigenvalue weighted by molar-refractivity contribution is -0.147. The molecule has 0 N–H and O–H groups in total. The van der Waals surface area contributed by atoms with Crippen LogP contribution in [0.2, 0.25) is 0 Å². The first kappa shape index (κ1) is 13.3. The van der Waals surface area contributed by atoms with Crippen LogP contribution in [-0.4, -0.2) is 12.6 Å². The van der Waals surface area contributed by atoms with Gasteiger partial charge in [0, 0.05) is 5.41 Å². The highest BCUT2D eigenvalue weighted by atomic mass is 16.5. The van der Waals surface area contributed by atoms with Gasteiger partial charge >= 0.3 is 5.97 Å². The first-order valence-corrected chi connectivity index (χ1v) is 6.24. The Hall–Kier alpha value is -0.790. The van der Waals surface area contributed by atoms with E-state index in [1.54, 1.807) is 0 Å². The fourth-order valence-corrected chi connectivity index (χ4v) is 2.05. The third-order valence-corrected chi connectivity index (χ3v) is 3.93. The van der Waals surface area contributed by atoms with E-state index in [4.69, 9.17) is 4.74 Å². The van der Waals surface area contributed by atoms with Crippen molar-refractivity contribution >= 4 is 5.97 Å². The summed E-state index contributed by atoms with van der Waals surface area (Å²) in [6.45, 7) is 9.24. The Labute approximate surface area is 99.1 Å². The molecule has 0 aromatic carbocycles. The van der Waals surface area contributed by atoms with Crippen LogP contribution in [-0.2, 0) is 9.53 Å². The minimum absolute atomic E-state index is 0.0453. The van der Waals surface area contributed by atoms with E-state index < -0.39 is 0 Å². The van der Waals surface area contributed by atoms with Gasteiger partial charge in [-0.25, -0.2) is 0 Å². The largest absolute Gasteiger partial charge is 0.466 e. The normalized spacial score (nSPS) is 27.0. The van der Waals surface area contributed by atoms with Crippen molar-refractivity contribution in [2.45, 2.75) is 53.4 Å². The van der Waals surface area contributed by atoms with Gasteiger partial charge in [0.25, 0.3) is 0 Å². The van der Waals surface area contributed by atoms with Crippen LogP contribution < -0.4 is 0 Å². The second kappa shape index (κ2) is 5.03. The number of carbonyl (C=O) groups is 1. The zero-order valence-electron chi connectivity index (χ0n) is 11.0. The van der Waals surface area contributed by atoms with Crippen molar-refractivity contribution in [2.75, 3.05) is 6.61 Å². The Bertz CT molecular complexity index is 278. The maximum Gasteiger partial charge on any atom is 0.306 e. The molecule has 0 saturated carbocycles. The molecule has 0 amide bonds. The Balaban J connectivity index is 2.47. The van der Waals surface area contributed by atoms with Crippen LogP contribution >= 0.6 is 0 Å². The van der Waals surface area contributed by atoms with Crippen LogP contribution in [0.1, 0.15) is 53.4 Å². The van der Waals surface area contributed by atoms with Gasteiger partial charge < -0.3 is 4.74 Å². The average molecular weight is 224 g/mol. The monoisotopic (exact) mass is 224 g/mol. The zero-order valence-corrected chi connectivity index (χ0v) is 11.0. The number of allylic oxidation sites excluding steroid dienone is 2. The molecule has 0 radical (unpaired) electrons. The van der Waals surface area contributed by atoms with Gasteiger partial charge in [-0.1, -0.05) is 46.3 Å². The van der Waals surface area contributed by atoms with E-state index in [0.29, 0.717) is 13.0 Å². The third-order valence-electron chi connectivity index (χ3n) is 3.93. The molecule has 0 spiro atoms. The Morgan fingerprint density at radius 3 is 2.56 bits per heavy atom. The fourth-order valence-electron chi connectivity index (χ4n) is 2.05. The maximum absolute atomic E-state index is 11.7. The van der Waals surface area contributed by atoms with Crippen LogP contribution in [0.3, 0.4) is 0 Å². The van der Waals surface area contributed by atoms with Crippen molar-refractivity contribution in [1.29, 1.82) is 0 Å². The van der Waals surface area contributed by atoms with Gasteiger partial charge in [-0.3, -0.25) is 4.79 Å². The SMILES string of the molecule is CCCCOC(=O)CC1(C)C=CCC1(C)C. The first-order chi connectivity index (χ1) is 7.41. The van der Waals surface area contributed by atoms with Crippen molar-refractivity contribution in [3.8, 4) is 0 Å². The van der Waals surface area contributed by atoms with E-state index in [2.05, 4.69) is 39.8 Å². The van der Waals surface area contributed by atoms with E-state index in [-0.39, 0.29) is 16.8 Å². The molecule has 1 unspecified atom stereocenters. The number of esters is 1. The van der Waals surface area contributed by atoms with E-state index in [1.807, 2.05) is 0 Å². The van der Waals surface area contributed by atoms with Gasteiger partial charge in [0.1, 0.15) is 0 Å². The molecule has 0 bridgehead atoms. The molecule has 0 aromatic heterocycles. The lowest BCUT2D eigenvalue weighted by Gasteiger charge is -2.37. The molecular formula is C14H24O2. The number of ether oxygens (including phenoxy) is 1. The molecule has 2 heteroatoms. The van der Waals surface area contributed by atoms with E-state index in [1.165, 1.54) is 0 Å². The molecule has 0 heterocycles. The lowest BCUT2D eigenvalue weighted by atomic mass is 9.67. The summed E-state index contributed by atoms with van der Waals surface area (Å²) in [5, 5.41) is 0. The van der Waals surface area contributed by atoms with Crippen LogP contribution in [0.25, 0.3) is 0 Å². The molecule has 0 fully saturated rings. The molecule has 92 valence electrons. The minimum atomic E-state index is -0.0597. The highest BCUT2D eigenvalue weighted by Crippen LogP contribution is 2.50. The molecule has 0 aliphatic heterocycles. The van der Waals surface area contributed by atoms with Crippen molar-refractivity contribution in [3.63, 3.8) is 0 Å². The number of hydrogen-bond donors (Lipinski definition) is 0. The van der Waals surface area contributed by atoms with Gasteiger partial charge in [0.2, 0.25) is 0 Å². The second-order valence-electron chi connectivity index (χ2n) is 5.66. The lowest BCUT2D eigenvalue weighted by Crippen LogP contribution is -2.32. The molecular weight excluding hydrogens is 200 g/mol. The Morgan fingerprint density at radius 1 is 1.38 bits per heavy atom. The van der Waals surface area contributed by atoms with Gasteiger partial charge in [-0.05, 0) is 18.3 Å². The Morgan fingerprint density at radius 2 is 2.06 bits per heavy atom. The third kappa shape index (κ3) is 2.87. The van der Waals surface area contributed by atoms with Crippen molar-refractivity contribution < 1.29 is 9.53 Å². The number of hydrogen-bond acceptors (Lipinski definition) is 2. The first-order valence-electron chi connectivity index (χ1n) is 6.24. The van der Waals surface area contributed by atoms with Crippen LogP contribution in [0, 0.1) is 10.8 Å². The van der Waals surface area contributed by atoms with Gasteiger partial charge in [0.15, 0.2) is 0 Å². The molecule has 1 aliphatic rings. The summed E-state index contributed by atoms with van der Waals surface area (Å²) in [5.41, 5.74) is 0.118. The smallest absolute Gasteiger partial charge is 0.306 e. The molecule has 1 rings (SSSR count). The summed E-state index contributed by atoms with van der Waals surface area (Å²) in [7, 11) is 0. The predicted molar refractivity (Wildman–Crippen MR) is 66.1 cm³/mol. The van der Waals surface area contributed by atoms with Gasteiger partial charge in [-0.15, -0.1) is 0 Å². The van der Waals surface area contributed by atoms with Crippen LogP contribution in [0.5, 0.6) is 0 Å². The van der Waals surface area contributed by atoms with E-state index in [9.17, 15) is 4.79 Å². The maximum atomic E-state index is 11.7. The molecule has 1 atom stereocenters. The molecule has 0 aromatic rings. The number of unbranched alkanes of at least 4 members (excludes halogenated alkanes) is 1. The predicted octanol–water partition coefficient (Wildman–Crippen LogP) is 3.71. The van der Waals surface area contributed by atoms with Crippen LogP contribution in [0.15, 0.2) is 12.2 Å². The zero-order chi connectivity index (χ0) is 12.2. The quantitative estimate of drug-likeness (QED) is 0.404. The average Bonchev–Trinajstić information content (AvgIpc) is 2.41. The summed E-state index contributed by atoms with van der Waals surface area (Å²) in [6.07, 6.45) is 7.93. The standard InChI is InChI=1S/C14H24O2/c1-5-6-10-16-12(15)11-14(4)9-7-8-13(14,2)3/h7,9H,5-6,8,10-11H2,1-4H3. The second-order valence-corrected chi connectivity index (χ2v) is 5.66. The molecule has 2 nitrogen and oxygen atoms in total. The number of rotatable bonds is 5. The highest BCUT2D eigenvalue weighted by Gasteiger charge is 2.43. The number of carbonyl (C=O) groups excluding carboxylic acids is 1. The fraction of sp³-hybridized carbons (Fsp3) is 0.786. The summed E-state index contributed by atoms with van der Waals surface area (Å²) in [4.78, 5) is 11.7. The Kier molecular flexibility index (Phi) is 4.17. The summed E-state index contributed by atoms with van der Waals surface area (Å²) in [6, 6.07) is 0. The minimum Gasteiger partial charge on any atom is -0.466 e. The topological polar surface area (TPSA) is 26.3 Å². The summed E-state index contributed by atoms with van der Waals surface area (Å²) >= 11 is 0. The summed E-state index contributed by atoms with van der Waals surface area (Å²) in [5.74, 6) is -0.0597. The van der Waals surface area contributed by atoms with Crippen LogP contribution in [0.4, 0.5) is 0 Å². The van der Waals surface area contributed by atoms with Crippen molar-refractivity contribution in [3.05, 3.63) is 12.2 Å².